The number of methoxy groups -OCH3 is 1. The molecule has 0 spiro atoms. The minimum Gasteiger partial charge on any atom is -0.545 e. The first-order valence-corrected chi connectivity index (χ1v) is 9.04. The normalized spacial score (nSPS) is 14.9. The van der Waals surface area contributed by atoms with Crippen LogP contribution in [-0.4, -0.2) is 23.3 Å². The average Bonchev–Trinajstić information content (AvgIpc) is 2.97. The number of amides is 1. The molecule has 2 aromatic carbocycles. The van der Waals surface area contributed by atoms with Crippen molar-refractivity contribution in [2.45, 2.75) is 6.61 Å². The summed E-state index contributed by atoms with van der Waals surface area (Å²) >= 11 is 6.17. The molecule has 0 bridgehead atoms. The van der Waals surface area contributed by atoms with Crippen LogP contribution in [0.4, 0.5) is 0 Å². The highest BCUT2D eigenvalue weighted by Crippen LogP contribution is 2.32. The van der Waals surface area contributed by atoms with Gasteiger partial charge in [0.15, 0.2) is 11.5 Å². The lowest BCUT2D eigenvalue weighted by Gasteiger charge is -2.12. The molecule has 1 saturated heterocycles. The summed E-state index contributed by atoms with van der Waals surface area (Å²) in [6.07, 6.45) is 1.72. The molecule has 0 radical (unpaired) electrons. The van der Waals surface area contributed by atoms with Crippen molar-refractivity contribution in [2.24, 2.45) is 0 Å². The zero-order valence-corrected chi connectivity index (χ0v) is 15.8. The van der Waals surface area contributed by atoms with E-state index in [4.69, 9.17) is 21.7 Å². The molecule has 1 amide bonds. The number of benzene rings is 2. The average molecular weight is 400 g/mol. The molecule has 8 heteroatoms. The lowest BCUT2D eigenvalue weighted by Crippen LogP contribution is -2.22. The van der Waals surface area contributed by atoms with Gasteiger partial charge in [-0.3, -0.25) is 4.79 Å². The minimum absolute atomic E-state index is 0.0929. The van der Waals surface area contributed by atoms with Gasteiger partial charge < -0.3 is 24.7 Å². The number of rotatable bonds is 6. The van der Waals surface area contributed by atoms with Crippen LogP contribution in [0.5, 0.6) is 11.5 Å². The van der Waals surface area contributed by atoms with Crippen LogP contribution in [0.1, 0.15) is 21.5 Å². The summed E-state index contributed by atoms with van der Waals surface area (Å²) in [4.78, 5) is 23.2. The Balaban J connectivity index is 1.76. The number of thiocarbonyl (C=S) groups is 1. The van der Waals surface area contributed by atoms with E-state index >= 15 is 0 Å². The predicted octanol–water partition coefficient (Wildman–Crippen LogP) is 2.13. The molecule has 27 heavy (non-hydrogen) atoms. The molecule has 1 aliphatic rings. The number of carboxylic acid groups (broad SMARTS) is 1. The van der Waals surface area contributed by atoms with Gasteiger partial charge in [-0.25, -0.2) is 0 Å². The number of thioether (sulfide) groups is 1. The molecule has 1 N–H and O–H groups in total. The molecular formula is C19H14NO5S2-. The van der Waals surface area contributed by atoms with Crippen molar-refractivity contribution < 1.29 is 24.2 Å². The standard InChI is InChI=1S/C19H15NO5S2/c1-24-15-8-11(9-16-17(21)20-19(26)27-16)5-6-14(15)25-10-12-3-2-4-13(7-12)18(22)23/h2-9H,10H2,1H3,(H,22,23)(H,20,21,26)/p-1/b16-9+. The Morgan fingerprint density at radius 1 is 1.26 bits per heavy atom. The molecule has 0 unspecified atom stereocenters. The Labute approximate surface area is 165 Å². The van der Waals surface area contributed by atoms with Crippen molar-refractivity contribution >= 4 is 46.3 Å². The zero-order chi connectivity index (χ0) is 19.4. The lowest BCUT2D eigenvalue weighted by atomic mass is 10.1. The van der Waals surface area contributed by atoms with Gasteiger partial charge in [0.05, 0.1) is 18.0 Å². The van der Waals surface area contributed by atoms with Crippen LogP contribution in [0.2, 0.25) is 0 Å². The van der Waals surface area contributed by atoms with Gasteiger partial charge in [0, 0.05) is 0 Å². The Morgan fingerprint density at radius 3 is 2.74 bits per heavy atom. The molecule has 0 aromatic heterocycles. The largest absolute Gasteiger partial charge is 0.545 e. The van der Waals surface area contributed by atoms with Gasteiger partial charge in [-0.1, -0.05) is 48.2 Å². The van der Waals surface area contributed by atoms with Crippen LogP contribution in [-0.2, 0) is 11.4 Å². The summed E-state index contributed by atoms with van der Waals surface area (Å²) in [6, 6.07) is 11.6. The van der Waals surface area contributed by atoms with E-state index in [0.717, 1.165) is 5.56 Å². The van der Waals surface area contributed by atoms with Crippen LogP contribution >= 0.6 is 24.0 Å². The molecule has 6 nitrogen and oxygen atoms in total. The second-order valence-electron chi connectivity index (χ2n) is 5.54. The highest BCUT2D eigenvalue weighted by molar-refractivity contribution is 8.26. The van der Waals surface area contributed by atoms with E-state index in [1.54, 1.807) is 36.4 Å². The van der Waals surface area contributed by atoms with Gasteiger partial charge in [-0.05, 0) is 41.0 Å². The van der Waals surface area contributed by atoms with Crippen molar-refractivity contribution in [3.63, 3.8) is 0 Å². The van der Waals surface area contributed by atoms with E-state index < -0.39 is 5.97 Å². The fraction of sp³-hybridized carbons (Fsp3) is 0.105. The number of hydrogen-bond donors (Lipinski definition) is 1. The summed E-state index contributed by atoms with van der Waals surface area (Å²) in [5.41, 5.74) is 1.55. The molecule has 1 aliphatic heterocycles. The second kappa shape index (κ2) is 8.24. The summed E-state index contributed by atoms with van der Waals surface area (Å²) < 4.78 is 11.5. The van der Waals surface area contributed by atoms with Gasteiger partial charge >= 0.3 is 0 Å². The van der Waals surface area contributed by atoms with E-state index in [1.807, 2.05) is 0 Å². The van der Waals surface area contributed by atoms with E-state index in [1.165, 1.54) is 31.0 Å². The summed E-state index contributed by atoms with van der Waals surface area (Å²) in [5.74, 6) is -0.471. The molecule has 138 valence electrons. The van der Waals surface area contributed by atoms with Crippen LogP contribution in [0.25, 0.3) is 6.08 Å². The van der Waals surface area contributed by atoms with Crippen LogP contribution in [0.15, 0.2) is 47.4 Å². The minimum atomic E-state index is -1.24. The lowest BCUT2D eigenvalue weighted by molar-refractivity contribution is -0.255. The summed E-state index contributed by atoms with van der Waals surface area (Å²) in [5, 5.41) is 13.5. The quantitative estimate of drug-likeness (QED) is 0.587. The highest BCUT2D eigenvalue weighted by Gasteiger charge is 2.22. The number of carboxylic acids is 1. The summed E-state index contributed by atoms with van der Waals surface area (Å²) in [6.45, 7) is 0.171. The van der Waals surface area contributed by atoms with E-state index in [0.29, 0.717) is 26.3 Å². The number of carbonyl (C=O) groups is 2. The number of aromatic carboxylic acids is 1. The third-order valence-electron chi connectivity index (χ3n) is 3.68. The van der Waals surface area contributed by atoms with E-state index in [9.17, 15) is 14.7 Å². The molecule has 1 fully saturated rings. The molecule has 0 saturated carbocycles. The van der Waals surface area contributed by atoms with Crippen molar-refractivity contribution in [1.82, 2.24) is 5.32 Å². The summed E-state index contributed by atoms with van der Waals surface area (Å²) in [7, 11) is 1.52. The first-order chi connectivity index (χ1) is 13.0. The smallest absolute Gasteiger partial charge is 0.263 e. The maximum Gasteiger partial charge on any atom is 0.263 e. The molecule has 1 heterocycles. The maximum atomic E-state index is 11.8. The topological polar surface area (TPSA) is 87.7 Å². The Hall–Kier alpha value is -2.84. The third-order valence-corrected chi connectivity index (χ3v) is 4.85. The van der Waals surface area contributed by atoms with Crippen LogP contribution < -0.4 is 19.9 Å². The molecule has 3 rings (SSSR count). The number of carbonyl (C=O) groups excluding carboxylic acids is 2. The number of ether oxygens (including phenoxy) is 2. The fourth-order valence-electron chi connectivity index (χ4n) is 2.41. The first-order valence-electron chi connectivity index (χ1n) is 7.82. The number of nitrogens with one attached hydrogen (secondary N) is 1. The zero-order valence-electron chi connectivity index (χ0n) is 14.2. The SMILES string of the molecule is COc1cc(/C=C2/SC(=S)NC2=O)ccc1OCc1cccc(C(=O)[O-])c1. The molecule has 2 aromatic rings. The molecule has 0 aliphatic carbocycles. The van der Waals surface area contributed by atoms with Crippen LogP contribution in [0.3, 0.4) is 0 Å². The van der Waals surface area contributed by atoms with Crippen LogP contribution in [0, 0.1) is 0 Å². The fourth-order valence-corrected chi connectivity index (χ4v) is 3.46. The van der Waals surface area contributed by atoms with Gasteiger partial charge in [-0.2, -0.15) is 0 Å². The molecule has 0 atom stereocenters. The highest BCUT2D eigenvalue weighted by atomic mass is 32.2. The first kappa shape index (κ1) is 18.9. The van der Waals surface area contributed by atoms with Gasteiger partial charge in [0.25, 0.3) is 5.91 Å². The maximum absolute atomic E-state index is 11.8. The van der Waals surface area contributed by atoms with Crippen molar-refractivity contribution in [1.29, 1.82) is 0 Å². The molecular weight excluding hydrogens is 386 g/mol. The predicted molar refractivity (Wildman–Crippen MR) is 104 cm³/mol. The van der Waals surface area contributed by atoms with E-state index in [-0.39, 0.29) is 18.1 Å². The Kier molecular flexibility index (Phi) is 5.78. The van der Waals surface area contributed by atoms with E-state index in [2.05, 4.69) is 5.32 Å². The van der Waals surface area contributed by atoms with Crippen molar-refractivity contribution in [2.75, 3.05) is 7.11 Å². The second-order valence-corrected chi connectivity index (χ2v) is 7.26. The monoisotopic (exact) mass is 400 g/mol. The van der Waals surface area contributed by atoms with Gasteiger partial charge in [0.1, 0.15) is 10.9 Å². The van der Waals surface area contributed by atoms with Gasteiger partial charge in [0.2, 0.25) is 0 Å². The van der Waals surface area contributed by atoms with Crippen molar-refractivity contribution in [3.05, 3.63) is 64.1 Å². The third kappa shape index (κ3) is 4.66. The van der Waals surface area contributed by atoms with Crippen molar-refractivity contribution in [3.8, 4) is 11.5 Å². The Morgan fingerprint density at radius 2 is 2.07 bits per heavy atom. The Bertz CT molecular complexity index is 955. The van der Waals surface area contributed by atoms with Gasteiger partial charge in [-0.15, -0.1) is 0 Å². The number of hydrogen-bond acceptors (Lipinski definition) is 7.